The van der Waals surface area contributed by atoms with Crippen molar-refractivity contribution in [3.63, 3.8) is 0 Å². The number of hydrogen-bond acceptors (Lipinski definition) is 3. The topological polar surface area (TPSA) is 38.9 Å². The monoisotopic (exact) mass is 299 g/mol. The van der Waals surface area contributed by atoms with E-state index in [0.717, 1.165) is 13.1 Å². The van der Waals surface area contributed by atoms with Crippen LogP contribution in [0, 0.1) is 5.41 Å². The Bertz CT molecular complexity index is 650. The van der Waals surface area contributed by atoms with Crippen molar-refractivity contribution in [3.05, 3.63) is 36.2 Å². The molecule has 1 aliphatic heterocycles. The van der Waals surface area contributed by atoms with Crippen molar-refractivity contribution >= 4 is 0 Å². The van der Waals surface area contributed by atoms with E-state index in [1.807, 2.05) is 6.33 Å². The van der Waals surface area contributed by atoms with E-state index >= 15 is 0 Å². The molecule has 1 aliphatic carbocycles. The van der Waals surface area contributed by atoms with Crippen LogP contribution in [0.15, 0.2) is 24.7 Å². The van der Waals surface area contributed by atoms with Crippen LogP contribution in [-0.2, 0) is 20.6 Å². The summed E-state index contributed by atoms with van der Waals surface area (Å²) in [7, 11) is 4.22. The van der Waals surface area contributed by atoms with E-state index in [1.54, 1.807) is 0 Å². The molecule has 22 heavy (non-hydrogen) atoms. The van der Waals surface area contributed by atoms with Crippen LogP contribution >= 0.6 is 0 Å². The maximum absolute atomic E-state index is 4.45. The summed E-state index contributed by atoms with van der Waals surface area (Å²) >= 11 is 0. The van der Waals surface area contributed by atoms with Crippen LogP contribution in [0.25, 0.3) is 0 Å². The molecule has 4 rings (SSSR count). The van der Waals surface area contributed by atoms with E-state index in [4.69, 9.17) is 0 Å². The molecule has 0 aromatic carbocycles. The van der Waals surface area contributed by atoms with Gasteiger partial charge in [0.1, 0.15) is 12.2 Å². The number of hydrogen-bond donors (Lipinski definition) is 0. The van der Waals surface area contributed by atoms with Gasteiger partial charge in [0.15, 0.2) is 0 Å². The van der Waals surface area contributed by atoms with Crippen LogP contribution in [-0.4, -0.2) is 37.3 Å². The molecule has 2 aromatic heterocycles. The highest BCUT2D eigenvalue weighted by Crippen LogP contribution is 2.53. The Morgan fingerprint density at radius 3 is 2.68 bits per heavy atom. The summed E-state index contributed by atoms with van der Waals surface area (Å²) in [5.74, 6) is 1.71. The van der Waals surface area contributed by atoms with Crippen molar-refractivity contribution in [1.29, 1.82) is 0 Å². The summed E-state index contributed by atoms with van der Waals surface area (Å²) in [4.78, 5) is 2.62. The molecule has 1 saturated heterocycles. The predicted octanol–water partition coefficient (Wildman–Crippen LogP) is 2.31. The van der Waals surface area contributed by atoms with E-state index < -0.39 is 0 Å². The van der Waals surface area contributed by atoms with Crippen molar-refractivity contribution in [1.82, 2.24) is 24.2 Å². The molecular formula is C17H25N5. The van der Waals surface area contributed by atoms with Crippen LogP contribution in [0.2, 0.25) is 0 Å². The number of likely N-dealkylation sites (tertiary alicyclic amines) is 1. The number of rotatable bonds is 3. The van der Waals surface area contributed by atoms with Gasteiger partial charge in [-0.1, -0.05) is 12.8 Å². The number of aromatic nitrogens is 4. The molecule has 2 aromatic rings. The zero-order valence-corrected chi connectivity index (χ0v) is 13.6. The SMILES string of the molecule is Cn1cccc1CN1CC(c2nncn2C)C2(CCCC2)C1. The minimum Gasteiger partial charge on any atom is -0.353 e. The van der Waals surface area contributed by atoms with E-state index in [9.17, 15) is 0 Å². The van der Waals surface area contributed by atoms with Gasteiger partial charge in [-0.05, 0) is 30.4 Å². The fraction of sp³-hybridized carbons (Fsp3) is 0.647. The second-order valence-corrected chi connectivity index (χ2v) is 7.20. The molecule has 1 spiro atoms. The van der Waals surface area contributed by atoms with Gasteiger partial charge in [0.2, 0.25) is 0 Å². The Morgan fingerprint density at radius 1 is 1.23 bits per heavy atom. The largest absolute Gasteiger partial charge is 0.353 e. The van der Waals surface area contributed by atoms with Gasteiger partial charge >= 0.3 is 0 Å². The van der Waals surface area contributed by atoms with Crippen LogP contribution < -0.4 is 0 Å². The van der Waals surface area contributed by atoms with E-state index in [-0.39, 0.29) is 0 Å². The second-order valence-electron chi connectivity index (χ2n) is 7.20. The zero-order chi connectivity index (χ0) is 15.2. The summed E-state index contributed by atoms with van der Waals surface area (Å²) < 4.78 is 4.35. The molecule has 3 heterocycles. The van der Waals surface area contributed by atoms with Gasteiger partial charge in [-0.3, -0.25) is 4.90 Å². The third kappa shape index (κ3) is 2.19. The molecule has 1 unspecified atom stereocenters. The van der Waals surface area contributed by atoms with Gasteiger partial charge in [0.05, 0.1) is 0 Å². The van der Waals surface area contributed by atoms with Crippen LogP contribution in [0.1, 0.15) is 43.1 Å². The molecule has 0 amide bonds. The van der Waals surface area contributed by atoms with Crippen molar-refractivity contribution in [2.45, 2.75) is 38.1 Å². The van der Waals surface area contributed by atoms with Crippen molar-refractivity contribution in [2.75, 3.05) is 13.1 Å². The van der Waals surface area contributed by atoms with Gasteiger partial charge in [0.25, 0.3) is 0 Å². The van der Waals surface area contributed by atoms with Gasteiger partial charge < -0.3 is 9.13 Å². The number of nitrogens with zero attached hydrogens (tertiary/aromatic N) is 5. The maximum atomic E-state index is 4.45. The van der Waals surface area contributed by atoms with Crippen LogP contribution in [0.3, 0.4) is 0 Å². The summed E-state index contributed by atoms with van der Waals surface area (Å²) in [6.07, 6.45) is 9.40. The molecule has 0 bridgehead atoms. The molecule has 2 aliphatic rings. The first-order chi connectivity index (χ1) is 10.7. The van der Waals surface area contributed by atoms with E-state index in [0.29, 0.717) is 11.3 Å². The minimum absolute atomic E-state index is 0.423. The molecule has 1 atom stereocenters. The first-order valence-corrected chi connectivity index (χ1v) is 8.34. The summed E-state index contributed by atoms with van der Waals surface area (Å²) in [5.41, 5.74) is 1.82. The lowest BCUT2D eigenvalue weighted by molar-refractivity contribution is 0.241. The smallest absolute Gasteiger partial charge is 0.137 e. The highest BCUT2D eigenvalue weighted by atomic mass is 15.3. The third-order valence-electron chi connectivity index (χ3n) is 5.81. The highest BCUT2D eigenvalue weighted by molar-refractivity contribution is 5.15. The Kier molecular flexibility index (Phi) is 3.33. The van der Waals surface area contributed by atoms with Crippen molar-refractivity contribution in [2.24, 2.45) is 19.5 Å². The van der Waals surface area contributed by atoms with Gasteiger partial charge in [-0.2, -0.15) is 0 Å². The van der Waals surface area contributed by atoms with Gasteiger partial charge in [0, 0.05) is 51.5 Å². The lowest BCUT2D eigenvalue weighted by Gasteiger charge is -2.29. The molecule has 5 heteroatoms. The highest BCUT2D eigenvalue weighted by Gasteiger charge is 2.50. The van der Waals surface area contributed by atoms with E-state index in [2.05, 4.69) is 56.7 Å². The van der Waals surface area contributed by atoms with Crippen LogP contribution in [0.4, 0.5) is 0 Å². The molecule has 1 saturated carbocycles. The quantitative estimate of drug-likeness (QED) is 0.873. The first-order valence-electron chi connectivity index (χ1n) is 8.34. The van der Waals surface area contributed by atoms with Crippen molar-refractivity contribution < 1.29 is 0 Å². The Hall–Kier alpha value is -1.62. The minimum atomic E-state index is 0.423. The normalized spacial score (nSPS) is 24.5. The Labute approximate surface area is 131 Å². The summed E-state index contributed by atoms with van der Waals surface area (Å²) in [6.45, 7) is 3.35. The Balaban J connectivity index is 1.60. The summed E-state index contributed by atoms with van der Waals surface area (Å²) in [5, 5.41) is 8.57. The molecule has 0 radical (unpaired) electrons. The van der Waals surface area contributed by atoms with Crippen molar-refractivity contribution in [3.8, 4) is 0 Å². The maximum Gasteiger partial charge on any atom is 0.137 e. The zero-order valence-electron chi connectivity index (χ0n) is 13.6. The Morgan fingerprint density at radius 2 is 2.05 bits per heavy atom. The van der Waals surface area contributed by atoms with E-state index in [1.165, 1.54) is 43.7 Å². The molecule has 0 N–H and O–H groups in total. The average molecular weight is 299 g/mol. The first kappa shape index (κ1) is 14.0. The lowest BCUT2D eigenvalue weighted by atomic mass is 9.76. The van der Waals surface area contributed by atoms with Crippen LogP contribution in [0.5, 0.6) is 0 Å². The fourth-order valence-electron chi connectivity index (χ4n) is 4.63. The molecule has 2 fully saturated rings. The fourth-order valence-corrected chi connectivity index (χ4v) is 4.63. The second kappa shape index (κ2) is 5.23. The third-order valence-corrected chi connectivity index (χ3v) is 5.81. The van der Waals surface area contributed by atoms with Gasteiger partial charge in [-0.25, -0.2) is 0 Å². The number of aryl methyl sites for hydroxylation is 2. The lowest BCUT2D eigenvalue weighted by Crippen LogP contribution is -2.27. The predicted molar refractivity (Wildman–Crippen MR) is 85.3 cm³/mol. The molecule has 5 nitrogen and oxygen atoms in total. The molecule has 118 valence electrons. The summed E-state index contributed by atoms with van der Waals surface area (Å²) in [6, 6.07) is 4.37. The molecular weight excluding hydrogens is 274 g/mol. The standard InChI is InChI=1S/C17H25N5/c1-20-9-5-6-14(20)10-22-11-15(16-19-18-13-21(16)2)17(12-22)7-3-4-8-17/h5-6,9,13,15H,3-4,7-8,10-12H2,1-2H3. The van der Waals surface area contributed by atoms with Gasteiger partial charge in [-0.15, -0.1) is 10.2 Å². The average Bonchev–Trinajstić information content (AvgIpc) is 3.24.